The molecule has 2 heterocycles. The van der Waals surface area contributed by atoms with Crippen LogP contribution in [-0.4, -0.2) is 37.4 Å². The maximum Gasteiger partial charge on any atom is 0.296 e. The van der Waals surface area contributed by atoms with Crippen LogP contribution < -0.4 is 0 Å². The van der Waals surface area contributed by atoms with Gasteiger partial charge in [0.05, 0.1) is 5.57 Å². The number of rotatable bonds is 3. The van der Waals surface area contributed by atoms with Gasteiger partial charge in [0.15, 0.2) is 0 Å². The molecule has 0 saturated carbocycles. The Morgan fingerprint density at radius 2 is 1.33 bits per heavy atom. The number of amides is 1. The predicted octanol–water partition coefficient (Wildman–Crippen LogP) is 1.77. The Balaban J connectivity index is 1.69. The number of hydrogen-bond acceptors (Lipinski definition) is 6. The molecule has 0 bridgehead atoms. The van der Waals surface area contributed by atoms with Crippen molar-refractivity contribution in [2.24, 2.45) is 0 Å². The Labute approximate surface area is 188 Å². The molecule has 1 amide bonds. The molecule has 3 aliphatic rings. The second kappa shape index (κ2) is 6.39. The standard InChI is InChI=1S/C26H19NO6/c28-21-20-22(17-11-5-2-6-12-17)33-26(32)19-14-8-7-13-18(19)25(30,31)24(20,26)27(23(21)29)15-16-9-3-1-4-10-16/h1-14,30-32H,15H2. The number of hydrogen-bond donors (Lipinski definition) is 3. The predicted molar refractivity (Wildman–Crippen MR) is 116 cm³/mol. The number of Topliss-reactive ketones (excluding diaryl/α,β-unsaturated/α-hetero) is 1. The Bertz CT molecular complexity index is 1350. The topological polar surface area (TPSA) is 107 Å². The minimum atomic E-state index is -2.80. The number of carbonyl (C=O) groups is 2. The lowest BCUT2D eigenvalue weighted by Gasteiger charge is -2.45. The first-order valence-corrected chi connectivity index (χ1v) is 10.5. The highest BCUT2D eigenvalue weighted by molar-refractivity contribution is 6.48. The van der Waals surface area contributed by atoms with E-state index in [-0.39, 0.29) is 29.0 Å². The molecule has 33 heavy (non-hydrogen) atoms. The maximum atomic E-state index is 13.4. The van der Waals surface area contributed by atoms with Crippen LogP contribution in [0.15, 0.2) is 90.5 Å². The zero-order valence-electron chi connectivity index (χ0n) is 17.3. The lowest BCUT2D eigenvalue weighted by molar-refractivity contribution is -0.313. The van der Waals surface area contributed by atoms with Gasteiger partial charge in [0.2, 0.25) is 11.3 Å². The van der Waals surface area contributed by atoms with Crippen molar-refractivity contribution in [3.05, 3.63) is 113 Å². The lowest BCUT2D eigenvalue weighted by Crippen LogP contribution is -2.66. The van der Waals surface area contributed by atoms with E-state index < -0.39 is 28.8 Å². The fraction of sp³-hybridized carbons (Fsp3) is 0.154. The molecule has 0 aromatic heterocycles. The number of nitrogens with zero attached hydrogens (tertiary/aromatic N) is 1. The first-order chi connectivity index (χ1) is 15.8. The number of likely N-dealkylation sites (tertiary alicyclic amines) is 1. The molecule has 7 nitrogen and oxygen atoms in total. The van der Waals surface area contributed by atoms with Crippen molar-refractivity contribution in [2.75, 3.05) is 0 Å². The van der Waals surface area contributed by atoms with E-state index in [1.807, 2.05) is 0 Å². The third-order valence-electron chi connectivity index (χ3n) is 6.79. The summed E-state index contributed by atoms with van der Waals surface area (Å²) in [4.78, 5) is 27.8. The Kier molecular flexibility index (Phi) is 3.85. The van der Waals surface area contributed by atoms with Crippen molar-refractivity contribution in [1.82, 2.24) is 4.90 Å². The van der Waals surface area contributed by atoms with Crippen LogP contribution in [-0.2, 0) is 32.4 Å². The second-order valence-corrected chi connectivity index (χ2v) is 8.45. The van der Waals surface area contributed by atoms with Gasteiger partial charge in [-0.05, 0) is 5.56 Å². The average molecular weight is 441 g/mol. The Hall–Kier alpha value is -3.78. The summed E-state index contributed by atoms with van der Waals surface area (Å²) in [6, 6.07) is 23.6. The first kappa shape index (κ1) is 19.9. The van der Waals surface area contributed by atoms with E-state index in [0.717, 1.165) is 4.90 Å². The van der Waals surface area contributed by atoms with Crippen molar-refractivity contribution >= 4 is 17.4 Å². The lowest BCUT2D eigenvalue weighted by atomic mass is 9.78. The van der Waals surface area contributed by atoms with E-state index in [2.05, 4.69) is 0 Å². The average Bonchev–Trinajstić information content (AvgIpc) is 3.31. The van der Waals surface area contributed by atoms with E-state index in [9.17, 15) is 24.9 Å². The fourth-order valence-electron chi connectivity index (χ4n) is 5.45. The third-order valence-corrected chi connectivity index (χ3v) is 6.79. The zero-order chi connectivity index (χ0) is 23.0. The van der Waals surface area contributed by atoms with E-state index in [1.165, 1.54) is 12.1 Å². The largest absolute Gasteiger partial charge is 0.454 e. The van der Waals surface area contributed by atoms with Gasteiger partial charge in [0.1, 0.15) is 5.76 Å². The smallest absolute Gasteiger partial charge is 0.296 e. The molecule has 0 radical (unpaired) electrons. The van der Waals surface area contributed by atoms with Gasteiger partial charge < -0.3 is 25.0 Å². The molecule has 3 N–H and O–H groups in total. The quantitative estimate of drug-likeness (QED) is 0.423. The van der Waals surface area contributed by atoms with Crippen LogP contribution in [0.5, 0.6) is 0 Å². The van der Waals surface area contributed by atoms with Crippen LogP contribution in [0.25, 0.3) is 5.76 Å². The summed E-state index contributed by atoms with van der Waals surface area (Å²) in [5, 5.41) is 35.3. The molecule has 6 rings (SSSR count). The van der Waals surface area contributed by atoms with Crippen molar-refractivity contribution in [1.29, 1.82) is 0 Å². The summed E-state index contributed by atoms with van der Waals surface area (Å²) in [5.41, 5.74) is -1.42. The van der Waals surface area contributed by atoms with Crippen molar-refractivity contribution < 1.29 is 29.6 Å². The van der Waals surface area contributed by atoms with Crippen LogP contribution >= 0.6 is 0 Å². The highest BCUT2D eigenvalue weighted by Gasteiger charge is 2.85. The molecule has 2 aliphatic heterocycles. The summed E-state index contributed by atoms with van der Waals surface area (Å²) in [5.74, 6) is -7.13. The van der Waals surface area contributed by atoms with Gasteiger partial charge in [-0.1, -0.05) is 84.9 Å². The van der Waals surface area contributed by atoms with Crippen LogP contribution in [0.3, 0.4) is 0 Å². The molecule has 3 aromatic carbocycles. The van der Waals surface area contributed by atoms with Gasteiger partial charge in [-0.2, -0.15) is 0 Å². The molecule has 2 atom stereocenters. The molecule has 1 aliphatic carbocycles. The van der Waals surface area contributed by atoms with Gasteiger partial charge in [-0.25, -0.2) is 0 Å². The molecule has 3 aromatic rings. The minimum absolute atomic E-state index is 0.0299. The summed E-state index contributed by atoms with van der Waals surface area (Å²) >= 11 is 0. The van der Waals surface area contributed by atoms with E-state index >= 15 is 0 Å². The molecule has 7 heteroatoms. The number of fused-ring (bicyclic) bond motifs is 2. The van der Waals surface area contributed by atoms with E-state index in [4.69, 9.17) is 4.74 Å². The summed E-state index contributed by atoms with van der Waals surface area (Å²) in [6.45, 7) is -0.139. The first-order valence-electron chi connectivity index (χ1n) is 10.5. The number of ketones is 1. The molecule has 1 fully saturated rings. The number of aliphatic hydroxyl groups is 3. The van der Waals surface area contributed by atoms with Crippen molar-refractivity contribution in [3.8, 4) is 0 Å². The third kappa shape index (κ3) is 2.19. The number of ether oxygens (including phenoxy) is 1. The van der Waals surface area contributed by atoms with Gasteiger partial charge >= 0.3 is 0 Å². The van der Waals surface area contributed by atoms with Gasteiger partial charge in [0, 0.05) is 23.2 Å². The van der Waals surface area contributed by atoms with Crippen LogP contribution in [0.1, 0.15) is 22.3 Å². The molecule has 1 saturated heterocycles. The Morgan fingerprint density at radius 3 is 2.00 bits per heavy atom. The van der Waals surface area contributed by atoms with Gasteiger partial charge in [0.25, 0.3) is 17.5 Å². The monoisotopic (exact) mass is 441 g/mol. The maximum absolute atomic E-state index is 13.4. The molecular formula is C26H19NO6. The molecular weight excluding hydrogens is 422 g/mol. The van der Waals surface area contributed by atoms with Crippen molar-refractivity contribution in [2.45, 2.75) is 23.7 Å². The van der Waals surface area contributed by atoms with E-state index in [0.29, 0.717) is 11.1 Å². The van der Waals surface area contributed by atoms with Crippen LogP contribution in [0, 0.1) is 0 Å². The minimum Gasteiger partial charge on any atom is -0.454 e. The summed E-state index contributed by atoms with van der Waals surface area (Å²) < 4.78 is 6.07. The zero-order valence-corrected chi connectivity index (χ0v) is 17.3. The highest BCUT2D eigenvalue weighted by Crippen LogP contribution is 2.67. The Morgan fingerprint density at radius 1 is 0.758 bits per heavy atom. The van der Waals surface area contributed by atoms with Crippen LogP contribution in [0.4, 0.5) is 0 Å². The molecule has 164 valence electrons. The summed E-state index contributed by atoms with van der Waals surface area (Å²) in [7, 11) is 0. The fourth-order valence-corrected chi connectivity index (χ4v) is 5.45. The van der Waals surface area contributed by atoms with Gasteiger partial charge in [-0.15, -0.1) is 0 Å². The molecule has 1 spiro atoms. The second-order valence-electron chi connectivity index (χ2n) is 8.45. The highest BCUT2D eigenvalue weighted by atomic mass is 16.6. The van der Waals surface area contributed by atoms with Gasteiger partial charge in [-0.3, -0.25) is 9.59 Å². The normalized spacial score (nSPS) is 26.8. The number of benzene rings is 3. The SMILES string of the molecule is O=C1C(=O)N(Cc2ccccc2)C23C1=C(c1ccccc1)OC2(O)c1ccccc1C3(O)O. The van der Waals surface area contributed by atoms with Crippen molar-refractivity contribution in [3.63, 3.8) is 0 Å². The summed E-state index contributed by atoms with van der Waals surface area (Å²) in [6.07, 6.45) is 0. The molecule has 2 unspecified atom stereocenters. The number of carbonyl (C=O) groups excluding carboxylic acids is 2. The van der Waals surface area contributed by atoms with E-state index in [1.54, 1.807) is 72.8 Å². The van der Waals surface area contributed by atoms with Crippen LogP contribution in [0.2, 0.25) is 0 Å².